The first kappa shape index (κ1) is 23.5. The number of thiazole rings is 1. The van der Waals surface area contributed by atoms with Crippen LogP contribution in [0.4, 0.5) is 0 Å². The van der Waals surface area contributed by atoms with E-state index in [1.165, 1.54) is 5.56 Å². The average molecular weight is 477 g/mol. The fourth-order valence-corrected chi connectivity index (χ4v) is 4.24. The maximum atomic E-state index is 6.24. The molecule has 4 rings (SSSR count). The largest absolute Gasteiger partial charge is 0.493 e. The Hall–Kier alpha value is -2.12. The third-order valence-electron chi connectivity index (χ3n) is 4.66. The van der Waals surface area contributed by atoms with Crippen LogP contribution in [-0.4, -0.2) is 28.6 Å². The Morgan fingerprint density at radius 2 is 2.00 bits per heavy atom. The molecule has 2 aromatic carbocycles. The summed E-state index contributed by atoms with van der Waals surface area (Å²) in [6.07, 6.45) is 0.672. The highest BCUT2D eigenvalue weighted by Crippen LogP contribution is 2.29. The number of benzene rings is 2. The lowest BCUT2D eigenvalue weighted by Gasteiger charge is -2.13. The molecule has 2 heterocycles. The third-order valence-corrected chi connectivity index (χ3v) is 5.74. The molecule has 164 valence electrons. The van der Waals surface area contributed by atoms with Gasteiger partial charge in [-0.1, -0.05) is 31.5 Å². The minimum atomic E-state index is 0. The number of hydrogen-bond donors (Lipinski definition) is 2. The zero-order valence-corrected chi connectivity index (χ0v) is 20.1. The minimum absolute atomic E-state index is 0. The summed E-state index contributed by atoms with van der Waals surface area (Å²) in [4.78, 5) is 12.9. The highest BCUT2D eigenvalue weighted by Gasteiger charge is 2.13. The number of H-pyrrole nitrogens is 1. The smallest absolute Gasteiger partial charge is 0.158 e. The van der Waals surface area contributed by atoms with Crippen LogP contribution in [0.3, 0.4) is 0 Å². The van der Waals surface area contributed by atoms with Gasteiger partial charge in [-0.3, -0.25) is 0 Å². The number of aromatic nitrogens is 3. The van der Waals surface area contributed by atoms with Gasteiger partial charge in [-0.15, -0.1) is 23.7 Å². The lowest BCUT2D eigenvalue weighted by Crippen LogP contribution is -2.06. The Morgan fingerprint density at radius 3 is 2.77 bits per heavy atom. The molecule has 31 heavy (non-hydrogen) atoms. The Balaban J connectivity index is 0.00000272. The number of hydrogen-bond acceptors (Lipinski definition) is 5. The second-order valence-electron chi connectivity index (χ2n) is 7.73. The number of ether oxygens (including phenoxy) is 1. The molecule has 2 aromatic heterocycles. The molecule has 0 saturated heterocycles. The van der Waals surface area contributed by atoms with E-state index in [9.17, 15) is 0 Å². The number of fused-ring (bicyclic) bond motifs is 1. The molecule has 0 aliphatic heterocycles. The maximum Gasteiger partial charge on any atom is 0.158 e. The molecule has 0 bridgehead atoms. The second-order valence-corrected chi connectivity index (χ2v) is 9.11. The highest BCUT2D eigenvalue weighted by molar-refractivity contribution is 7.10. The van der Waals surface area contributed by atoms with Gasteiger partial charge in [0.05, 0.1) is 22.6 Å². The van der Waals surface area contributed by atoms with Crippen LogP contribution in [0.25, 0.3) is 22.6 Å². The summed E-state index contributed by atoms with van der Waals surface area (Å²) in [5.74, 6) is 2.11. The van der Waals surface area contributed by atoms with Crippen molar-refractivity contribution in [3.8, 4) is 17.3 Å². The SMILES string of the molecule is CNCc1ccc2nc(-c3csc(Cc4cc(Cl)ccc4OCC(C)C)n3)[nH]c2c1.Cl. The van der Waals surface area contributed by atoms with Crippen LogP contribution in [0.5, 0.6) is 5.75 Å². The van der Waals surface area contributed by atoms with E-state index >= 15 is 0 Å². The molecule has 0 aliphatic rings. The fraction of sp³-hybridized carbons (Fsp3) is 0.304. The van der Waals surface area contributed by atoms with Crippen molar-refractivity contribution in [1.29, 1.82) is 0 Å². The molecular weight excluding hydrogens is 451 g/mol. The average Bonchev–Trinajstić information content (AvgIpc) is 3.34. The fourth-order valence-electron chi connectivity index (χ4n) is 3.24. The van der Waals surface area contributed by atoms with Crippen LogP contribution in [0.2, 0.25) is 5.02 Å². The number of nitrogens with one attached hydrogen (secondary N) is 2. The van der Waals surface area contributed by atoms with Gasteiger partial charge in [-0.2, -0.15) is 0 Å². The molecule has 0 atom stereocenters. The van der Waals surface area contributed by atoms with E-state index in [1.807, 2.05) is 36.7 Å². The van der Waals surface area contributed by atoms with Gasteiger partial charge < -0.3 is 15.0 Å². The van der Waals surface area contributed by atoms with Crippen LogP contribution in [0, 0.1) is 5.92 Å². The Morgan fingerprint density at radius 1 is 1.16 bits per heavy atom. The highest BCUT2D eigenvalue weighted by atomic mass is 35.5. The van der Waals surface area contributed by atoms with Crippen LogP contribution >= 0.6 is 35.3 Å². The summed E-state index contributed by atoms with van der Waals surface area (Å²) < 4.78 is 5.98. The van der Waals surface area contributed by atoms with E-state index in [0.717, 1.165) is 45.4 Å². The van der Waals surface area contributed by atoms with Crippen molar-refractivity contribution < 1.29 is 4.74 Å². The van der Waals surface area contributed by atoms with E-state index in [0.29, 0.717) is 24.0 Å². The molecular formula is C23H26Cl2N4OS. The van der Waals surface area contributed by atoms with Crippen LogP contribution in [-0.2, 0) is 13.0 Å². The van der Waals surface area contributed by atoms with E-state index < -0.39 is 0 Å². The summed E-state index contributed by atoms with van der Waals surface area (Å²) >= 11 is 7.85. The van der Waals surface area contributed by atoms with E-state index in [1.54, 1.807) is 11.3 Å². The van der Waals surface area contributed by atoms with Gasteiger partial charge in [0.1, 0.15) is 11.4 Å². The summed E-state index contributed by atoms with van der Waals surface area (Å²) in [6.45, 7) is 5.77. The monoisotopic (exact) mass is 476 g/mol. The Bertz CT molecular complexity index is 1160. The number of halogens is 2. The third kappa shape index (κ3) is 5.77. The van der Waals surface area contributed by atoms with Crippen LogP contribution in [0.1, 0.15) is 30.0 Å². The van der Waals surface area contributed by atoms with Crippen molar-refractivity contribution in [3.05, 3.63) is 62.9 Å². The van der Waals surface area contributed by atoms with Crippen molar-refractivity contribution in [3.63, 3.8) is 0 Å². The Kier molecular flexibility index (Phi) is 7.94. The molecule has 0 saturated carbocycles. The Labute approximate surface area is 197 Å². The van der Waals surface area contributed by atoms with Crippen LogP contribution < -0.4 is 10.1 Å². The van der Waals surface area contributed by atoms with Crippen molar-refractivity contribution in [2.24, 2.45) is 5.92 Å². The van der Waals surface area contributed by atoms with E-state index in [4.69, 9.17) is 26.3 Å². The van der Waals surface area contributed by atoms with Gasteiger partial charge >= 0.3 is 0 Å². The molecule has 0 aliphatic carbocycles. The predicted molar refractivity (Wildman–Crippen MR) is 132 cm³/mol. The van der Waals surface area contributed by atoms with Gasteiger partial charge in [-0.25, -0.2) is 9.97 Å². The van der Waals surface area contributed by atoms with Crippen LogP contribution in [0.15, 0.2) is 41.8 Å². The zero-order chi connectivity index (χ0) is 21.1. The molecule has 0 radical (unpaired) electrons. The summed E-state index contributed by atoms with van der Waals surface area (Å²) in [5, 5.41) is 6.92. The molecule has 5 nitrogen and oxygen atoms in total. The van der Waals surface area contributed by atoms with Gasteiger partial charge in [0.2, 0.25) is 0 Å². The number of imidazole rings is 1. The van der Waals surface area contributed by atoms with Gasteiger partial charge in [0, 0.05) is 28.9 Å². The lowest BCUT2D eigenvalue weighted by atomic mass is 10.1. The van der Waals surface area contributed by atoms with E-state index in [-0.39, 0.29) is 12.4 Å². The molecule has 0 spiro atoms. The normalized spacial score (nSPS) is 11.1. The predicted octanol–water partition coefficient (Wildman–Crippen LogP) is 6.11. The van der Waals surface area contributed by atoms with Crippen molar-refractivity contribution in [2.45, 2.75) is 26.8 Å². The second kappa shape index (κ2) is 10.5. The standard InChI is InChI=1S/C23H25ClN4OS.ClH/c1-14(2)12-29-21-7-5-17(24)9-16(21)10-22-26-20(13-30-22)23-27-18-6-4-15(11-25-3)8-19(18)28-23;/h4-9,13-14,25H,10-12H2,1-3H3,(H,27,28);1H. The summed E-state index contributed by atoms with van der Waals surface area (Å²) in [6, 6.07) is 12.0. The summed E-state index contributed by atoms with van der Waals surface area (Å²) in [5.41, 5.74) is 5.08. The quantitative estimate of drug-likeness (QED) is 0.322. The van der Waals surface area contributed by atoms with Crippen molar-refractivity contribution >= 4 is 46.4 Å². The lowest BCUT2D eigenvalue weighted by molar-refractivity contribution is 0.269. The maximum absolute atomic E-state index is 6.24. The molecule has 4 aromatic rings. The van der Waals surface area contributed by atoms with E-state index in [2.05, 4.69) is 36.3 Å². The first-order chi connectivity index (χ1) is 14.5. The molecule has 0 amide bonds. The summed E-state index contributed by atoms with van der Waals surface area (Å²) in [7, 11) is 1.94. The van der Waals surface area contributed by atoms with Gasteiger partial charge in [0.15, 0.2) is 5.82 Å². The number of aromatic amines is 1. The molecule has 2 N–H and O–H groups in total. The minimum Gasteiger partial charge on any atom is -0.493 e. The first-order valence-corrected chi connectivity index (χ1v) is 11.3. The van der Waals surface area contributed by atoms with Crippen molar-refractivity contribution in [1.82, 2.24) is 20.3 Å². The molecule has 0 unspecified atom stereocenters. The topological polar surface area (TPSA) is 62.8 Å². The molecule has 8 heteroatoms. The first-order valence-electron chi connectivity index (χ1n) is 10.0. The number of rotatable bonds is 8. The number of nitrogens with zero attached hydrogens (tertiary/aromatic N) is 2. The molecule has 0 fully saturated rings. The van der Waals surface area contributed by atoms with Crippen molar-refractivity contribution in [2.75, 3.05) is 13.7 Å². The van der Waals surface area contributed by atoms with Gasteiger partial charge in [0.25, 0.3) is 0 Å². The van der Waals surface area contributed by atoms with Gasteiger partial charge in [-0.05, 0) is 48.9 Å². The zero-order valence-electron chi connectivity index (χ0n) is 17.7.